The third-order valence-electron chi connectivity index (χ3n) is 4.32. The number of hydroxylamine groups is 2. The molecule has 142 valence electrons. The minimum Gasteiger partial charge on any atom is -0.377 e. The highest BCUT2D eigenvalue weighted by molar-refractivity contribution is 7.97. The molecular weight excluding hydrogens is 346 g/mol. The first kappa shape index (κ1) is 20.6. The Hall–Kier alpha value is -1.76. The fourth-order valence-corrected chi connectivity index (χ4v) is 3.62. The number of hydrogen-bond donors (Lipinski definition) is 1. The van der Waals surface area contributed by atoms with E-state index in [-0.39, 0.29) is 5.91 Å². The Morgan fingerprint density at radius 2 is 1.77 bits per heavy atom. The molecule has 0 saturated heterocycles. The number of benzene rings is 2. The van der Waals surface area contributed by atoms with Crippen molar-refractivity contribution in [3.63, 3.8) is 0 Å². The molecule has 0 radical (unpaired) electrons. The number of rotatable bonds is 10. The Morgan fingerprint density at radius 1 is 1.04 bits per heavy atom. The lowest BCUT2D eigenvalue weighted by molar-refractivity contribution is -0.168. The Bertz CT molecular complexity index is 721. The first-order valence-electron chi connectivity index (χ1n) is 8.94. The van der Waals surface area contributed by atoms with Crippen LogP contribution in [-0.2, 0) is 9.63 Å². The number of nitrogens with zero attached hydrogens (tertiary/aromatic N) is 2. The zero-order chi connectivity index (χ0) is 18.9. The standard InChI is InChI=1S/C20H29N3O2S/c1-22(2)18-12-8-11-17-16(18)10-9-13-19(17)26-21-15-7-5-6-14-20(24)23(3)25-4/h8-13,21H,5-7,14-15H2,1-4H3. The number of amides is 1. The van der Waals surface area contributed by atoms with Crippen LogP contribution in [0.1, 0.15) is 25.7 Å². The summed E-state index contributed by atoms with van der Waals surface area (Å²) in [5.74, 6) is 0.0299. The first-order valence-corrected chi connectivity index (χ1v) is 9.75. The fourth-order valence-electron chi connectivity index (χ4n) is 2.78. The molecule has 0 bridgehead atoms. The Balaban J connectivity index is 1.78. The fraction of sp³-hybridized carbons (Fsp3) is 0.450. The zero-order valence-corrected chi connectivity index (χ0v) is 16.9. The van der Waals surface area contributed by atoms with E-state index >= 15 is 0 Å². The van der Waals surface area contributed by atoms with Gasteiger partial charge in [-0.3, -0.25) is 14.4 Å². The van der Waals surface area contributed by atoms with Gasteiger partial charge < -0.3 is 4.90 Å². The third kappa shape index (κ3) is 5.62. The minimum absolute atomic E-state index is 0.0299. The predicted octanol–water partition coefficient (Wildman–Crippen LogP) is 4.08. The molecule has 6 heteroatoms. The Kier molecular flexibility index (Phi) is 8.22. The quantitative estimate of drug-likeness (QED) is 0.385. The molecule has 0 aliphatic carbocycles. The van der Waals surface area contributed by atoms with Gasteiger partial charge >= 0.3 is 0 Å². The van der Waals surface area contributed by atoms with Crippen LogP contribution in [0.15, 0.2) is 41.3 Å². The number of hydrogen-bond acceptors (Lipinski definition) is 5. The summed E-state index contributed by atoms with van der Waals surface area (Å²) in [4.78, 5) is 19.9. The van der Waals surface area contributed by atoms with Crippen molar-refractivity contribution in [1.82, 2.24) is 9.79 Å². The summed E-state index contributed by atoms with van der Waals surface area (Å²) in [5, 5.41) is 3.82. The van der Waals surface area contributed by atoms with Crippen molar-refractivity contribution in [2.75, 3.05) is 39.7 Å². The van der Waals surface area contributed by atoms with Crippen molar-refractivity contribution in [2.45, 2.75) is 30.6 Å². The lowest BCUT2D eigenvalue weighted by Crippen LogP contribution is -2.24. The van der Waals surface area contributed by atoms with E-state index in [4.69, 9.17) is 4.84 Å². The van der Waals surface area contributed by atoms with Gasteiger partial charge in [-0.2, -0.15) is 0 Å². The average Bonchev–Trinajstić information content (AvgIpc) is 2.65. The lowest BCUT2D eigenvalue weighted by Gasteiger charge is -2.16. The summed E-state index contributed by atoms with van der Waals surface area (Å²) in [6, 6.07) is 12.9. The number of unbranched alkanes of at least 4 members (excludes halogenated alkanes) is 2. The van der Waals surface area contributed by atoms with Crippen LogP contribution < -0.4 is 9.62 Å². The number of carbonyl (C=O) groups excluding carboxylic acids is 1. The van der Waals surface area contributed by atoms with E-state index in [1.807, 2.05) is 0 Å². The average molecular weight is 376 g/mol. The van der Waals surface area contributed by atoms with Gasteiger partial charge in [0.2, 0.25) is 5.91 Å². The first-order chi connectivity index (χ1) is 12.5. The maximum atomic E-state index is 11.6. The Labute approximate surface area is 160 Å². The SMILES string of the molecule is CON(C)C(=O)CCCCCNSc1cccc2c(N(C)C)cccc12. The van der Waals surface area contributed by atoms with Crippen LogP contribution in [0.2, 0.25) is 0 Å². The monoisotopic (exact) mass is 375 g/mol. The van der Waals surface area contributed by atoms with E-state index < -0.39 is 0 Å². The molecule has 5 nitrogen and oxygen atoms in total. The molecule has 0 aromatic heterocycles. The maximum Gasteiger partial charge on any atom is 0.245 e. The van der Waals surface area contributed by atoms with Gasteiger partial charge in [-0.1, -0.05) is 30.7 Å². The van der Waals surface area contributed by atoms with E-state index in [9.17, 15) is 4.79 Å². The molecule has 0 unspecified atom stereocenters. The molecule has 0 saturated carbocycles. The van der Waals surface area contributed by atoms with Gasteiger partial charge in [-0.25, -0.2) is 5.06 Å². The van der Waals surface area contributed by atoms with Crippen molar-refractivity contribution in [1.29, 1.82) is 0 Å². The van der Waals surface area contributed by atoms with Crippen LogP contribution >= 0.6 is 11.9 Å². The van der Waals surface area contributed by atoms with Gasteiger partial charge in [-0.15, -0.1) is 0 Å². The molecule has 2 aromatic carbocycles. The highest BCUT2D eigenvalue weighted by Gasteiger charge is 2.08. The lowest BCUT2D eigenvalue weighted by atomic mass is 10.1. The van der Waals surface area contributed by atoms with Crippen LogP contribution in [0, 0.1) is 0 Å². The van der Waals surface area contributed by atoms with Gasteiger partial charge in [0.05, 0.1) is 7.11 Å². The number of anilines is 1. The molecule has 0 heterocycles. The molecule has 1 amide bonds. The van der Waals surface area contributed by atoms with E-state index in [0.29, 0.717) is 6.42 Å². The largest absolute Gasteiger partial charge is 0.377 e. The zero-order valence-electron chi connectivity index (χ0n) is 16.1. The summed E-state index contributed by atoms with van der Waals surface area (Å²) < 4.78 is 3.45. The number of carbonyl (C=O) groups is 1. The van der Waals surface area contributed by atoms with Crippen LogP contribution in [0.25, 0.3) is 10.8 Å². The van der Waals surface area contributed by atoms with Gasteiger partial charge in [0.15, 0.2) is 0 Å². The van der Waals surface area contributed by atoms with Crippen molar-refractivity contribution in [2.24, 2.45) is 0 Å². The second-order valence-electron chi connectivity index (χ2n) is 6.40. The molecule has 0 spiro atoms. The molecule has 0 atom stereocenters. The minimum atomic E-state index is 0.0299. The summed E-state index contributed by atoms with van der Waals surface area (Å²) in [5.41, 5.74) is 1.23. The summed E-state index contributed by atoms with van der Waals surface area (Å²) in [6.07, 6.45) is 3.50. The highest BCUT2D eigenvalue weighted by atomic mass is 32.2. The molecular formula is C20H29N3O2S. The van der Waals surface area contributed by atoms with Gasteiger partial charge in [0.1, 0.15) is 0 Å². The number of fused-ring (bicyclic) bond motifs is 1. The normalized spacial score (nSPS) is 10.9. The second kappa shape index (κ2) is 10.4. The van der Waals surface area contributed by atoms with Gasteiger partial charge in [-0.05, 0) is 42.3 Å². The van der Waals surface area contributed by atoms with E-state index in [0.717, 1.165) is 25.8 Å². The van der Waals surface area contributed by atoms with Crippen LogP contribution in [0.5, 0.6) is 0 Å². The van der Waals surface area contributed by atoms with E-state index in [1.165, 1.54) is 33.5 Å². The van der Waals surface area contributed by atoms with Crippen molar-refractivity contribution >= 4 is 34.3 Å². The summed E-state index contributed by atoms with van der Waals surface area (Å²) in [6.45, 7) is 0.919. The molecule has 2 rings (SSSR count). The Morgan fingerprint density at radius 3 is 2.50 bits per heavy atom. The number of nitrogens with one attached hydrogen (secondary N) is 1. The van der Waals surface area contributed by atoms with Gasteiger partial charge in [0, 0.05) is 50.1 Å². The molecule has 26 heavy (non-hydrogen) atoms. The smallest absolute Gasteiger partial charge is 0.245 e. The molecule has 2 aromatic rings. The van der Waals surface area contributed by atoms with Crippen LogP contribution in [-0.4, -0.2) is 45.8 Å². The van der Waals surface area contributed by atoms with Crippen molar-refractivity contribution in [3.05, 3.63) is 36.4 Å². The van der Waals surface area contributed by atoms with E-state index in [2.05, 4.69) is 60.1 Å². The molecule has 0 fully saturated rings. The third-order valence-corrected chi connectivity index (χ3v) is 5.24. The summed E-state index contributed by atoms with van der Waals surface area (Å²) in [7, 11) is 7.30. The van der Waals surface area contributed by atoms with Crippen molar-refractivity contribution in [3.8, 4) is 0 Å². The van der Waals surface area contributed by atoms with Gasteiger partial charge in [0.25, 0.3) is 0 Å². The maximum absolute atomic E-state index is 11.6. The molecule has 0 aliphatic heterocycles. The highest BCUT2D eigenvalue weighted by Crippen LogP contribution is 2.31. The van der Waals surface area contributed by atoms with Crippen molar-refractivity contribution < 1.29 is 9.63 Å². The second-order valence-corrected chi connectivity index (χ2v) is 7.34. The topological polar surface area (TPSA) is 44.8 Å². The molecule has 0 aliphatic rings. The van der Waals surface area contributed by atoms with Crippen LogP contribution in [0.4, 0.5) is 5.69 Å². The molecule has 1 N–H and O–H groups in total. The summed E-state index contributed by atoms with van der Waals surface area (Å²) >= 11 is 1.68. The predicted molar refractivity (Wildman–Crippen MR) is 110 cm³/mol. The van der Waals surface area contributed by atoms with Crippen LogP contribution in [0.3, 0.4) is 0 Å². The van der Waals surface area contributed by atoms with E-state index in [1.54, 1.807) is 19.0 Å².